The molecule has 0 aliphatic carbocycles. The molecule has 5 nitrogen and oxygen atoms in total. The van der Waals surface area contributed by atoms with Crippen LogP contribution in [0.3, 0.4) is 0 Å². The number of rotatable bonds is 5. The first kappa shape index (κ1) is 14.3. The summed E-state index contributed by atoms with van der Waals surface area (Å²) in [5.74, 6) is 6.80. The van der Waals surface area contributed by atoms with Crippen molar-refractivity contribution in [2.75, 3.05) is 13.2 Å². The van der Waals surface area contributed by atoms with Gasteiger partial charge in [-0.25, -0.2) is 10.8 Å². The van der Waals surface area contributed by atoms with E-state index in [1.165, 1.54) is 5.56 Å². The highest BCUT2D eigenvalue weighted by Gasteiger charge is 1.98. The number of hydrogen-bond donors (Lipinski definition) is 3. The maximum absolute atomic E-state index is 5.58. The van der Waals surface area contributed by atoms with Crippen molar-refractivity contribution in [3.8, 4) is 5.75 Å². The highest BCUT2D eigenvalue weighted by Crippen LogP contribution is 2.11. The van der Waals surface area contributed by atoms with E-state index in [4.69, 9.17) is 10.6 Å². The van der Waals surface area contributed by atoms with Crippen LogP contribution in [0.5, 0.6) is 5.75 Å². The largest absolute Gasteiger partial charge is 0.492 e. The second-order valence-corrected chi connectivity index (χ2v) is 4.34. The lowest BCUT2D eigenvalue weighted by molar-refractivity contribution is 0.328. The number of ether oxygens (including phenoxy) is 1. The van der Waals surface area contributed by atoms with E-state index in [0.29, 0.717) is 19.1 Å². The van der Waals surface area contributed by atoms with E-state index in [9.17, 15) is 0 Å². The highest BCUT2D eigenvalue weighted by molar-refractivity contribution is 5.79. The summed E-state index contributed by atoms with van der Waals surface area (Å²) in [6, 6.07) is 8.23. The fourth-order valence-corrected chi connectivity index (χ4v) is 1.43. The van der Waals surface area contributed by atoms with E-state index in [1.807, 2.05) is 45.0 Å². The van der Waals surface area contributed by atoms with Crippen molar-refractivity contribution in [2.45, 2.75) is 26.8 Å². The third-order valence-corrected chi connectivity index (χ3v) is 2.18. The molecule has 0 heterocycles. The first-order chi connectivity index (χ1) is 8.61. The summed E-state index contributed by atoms with van der Waals surface area (Å²) in [4.78, 5) is 4.26. The van der Waals surface area contributed by atoms with Crippen molar-refractivity contribution in [1.29, 1.82) is 0 Å². The Balaban J connectivity index is 2.35. The van der Waals surface area contributed by atoms with Gasteiger partial charge in [-0.3, -0.25) is 5.43 Å². The number of benzene rings is 1. The molecule has 0 fully saturated rings. The van der Waals surface area contributed by atoms with Crippen LogP contribution in [0.25, 0.3) is 0 Å². The third kappa shape index (κ3) is 5.54. The van der Waals surface area contributed by atoms with Crippen molar-refractivity contribution in [3.05, 3.63) is 29.8 Å². The van der Waals surface area contributed by atoms with Gasteiger partial charge >= 0.3 is 0 Å². The molecule has 0 amide bonds. The Bertz CT molecular complexity index is 390. The van der Waals surface area contributed by atoms with Crippen LogP contribution in [0.4, 0.5) is 0 Å². The number of nitrogens with two attached hydrogens (primary N) is 1. The van der Waals surface area contributed by atoms with Gasteiger partial charge in [0.25, 0.3) is 0 Å². The molecule has 0 saturated carbocycles. The van der Waals surface area contributed by atoms with Gasteiger partial charge in [0, 0.05) is 6.04 Å². The van der Waals surface area contributed by atoms with Crippen LogP contribution in [0.15, 0.2) is 29.3 Å². The molecule has 0 unspecified atom stereocenters. The second-order valence-electron chi connectivity index (χ2n) is 4.34. The molecule has 0 bridgehead atoms. The zero-order chi connectivity index (χ0) is 13.4. The summed E-state index contributed by atoms with van der Waals surface area (Å²) in [5.41, 5.74) is 3.71. The van der Waals surface area contributed by atoms with Crippen molar-refractivity contribution in [3.63, 3.8) is 0 Å². The van der Waals surface area contributed by atoms with Crippen molar-refractivity contribution in [1.82, 2.24) is 10.7 Å². The predicted octanol–water partition coefficient (Wildman–Crippen LogP) is 1.19. The van der Waals surface area contributed by atoms with Crippen molar-refractivity contribution < 1.29 is 4.74 Å². The van der Waals surface area contributed by atoms with Crippen LogP contribution in [0, 0.1) is 6.92 Å². The van der Waals surface area contributed by atoms with Gasteiger partial charge in [0.05, 0.1) is 6.54 Å². The maximum atomic E-state index is 5.58. The summed E-state index contributed by atoms with van der Waals surface area (Å²) < 4.78 is 5.58. The van der Waals surface area contributed by atoms with Crippen LogP contribution in [0.2, 0.25) is 0 Å². The maximum Gasteiger partial charge on any atom is 0.206 e. The fraction of sp³-hybridized carbons (Fsp3) is 0.462. The molecule has 1 rings (SSSR count). The normalized spacial score (nSPS) is 11.5. The van der Waals surface area contributed by atoms with Gasteiger partial charge in [0.1, 0.15) is 12.4 Å². The molecule has 0 aliphatic rings. The summed E-state index contributed by atoms with van der Waals surface area (Å²) in [6.07, 6.45) is 0. The molecule has 0 spiro atoms. The van der Waals surface area contributed by atoms with Gasteiger partial charge in [-0.2, -0.15) is 0 Å². The molecule has 5 heteroatoms. The number of nitrogens with one attached hydrogen (secondary N) is 2. The van der Waals surface area contributed by atoms with E-state index >= 15 is 0 Å². The Labute approximate surface area is 108 Å². The zero-order valence-electron chi connectivity index (χ0n) is 11.2. The lowest BCUT2D eigenvalue weighted by Gasteiger charge is -2.12. The van der Waals surface area contributed by atoms with Crippen LogP contribution in [0.1, 0.15) is 19.4 Å². The number of hydrazine groups is 1. The summed E-state index contributed by atoms with van der Waals surface area (Å²) in [6.45, 7) is 7.15. The van der Waals surface area contributed by atoms with E-state index < -0.39 is 0 Å². The number of guanidine groups is 1. The average Bonchev–Trinajstić information content (AvgIpc) is 2.32. The standard InChI is InChI=1S/C13H22N4O/c1-10(2)16-13(17-14)15-7-8-18-12-6-4-5-11(3)9-12/h4-6,9-10H,7-8,14H2,1-3H3,(H2,15,16,17). The van der Waals surface area contributed by atoms with E-state index in [1.54, 1.807) is 0 Å². The smallest absolute Gasteiger partial charge is 0.206 e. The van der Waals surface area contributed by atoms with E-state index in [0.717, 1.165) is 5.75 Å². The van der Waals surface area contributed by atoms with E-state index in [-0.39, 0.29) is 6.04 Å². The van der Waals surface area contributed by atoms with Crippen LogP contribution >= 0.6 is 0 Å². The monoisotopic (exact) mass is 250 g/mol. The molecule has 0 aromatic heterocycles. The zero-order valence-corrected chi connectivity index (χ0v) is 11.2. The molecule has 4 N–H and O–H groups in total. The molecule has 1 aromatic rings. The Kier molecular flexibility index (Phi) is 6.00. The lowest BCUT2D eigenvalue weighted by Crippen LogP contribution is -2.44. The molecule has 0 atom stereocenters. The van der Waals surface area contributed by atoms with E-state index in [2.05, 4.69) is 15.7 Å². The van der Waals surface area contributed by atoms with Gasteiger partial charge in [-0.05, 0) is 38.5 Å². The summed E-state index contributed by atoms with van der Waals surface area (Å²) >= 11 is 0. The first-order valence-electron chi connectivity index (χ1n) is 6.09. The number of aliphatic imine (C=N–C) groups is 1. The fourth-order valence-electron chi connectivity index (χ4n) is 1.43. The van der Waals surface area contributed by atoms with Crippen LogP contribution < -0.4 is 21.3 Å². The molecular formula is C13H22N4O. The first-order valence-corrected chi connectivity index (χ1v) is 6.09. The van der Waals surface area contributed by atoms with Gasteiger partial charge < -0.3 is 10.1 Å². The topological polar surface area (TPSA) is 71.7 Å². The van der Waals surface area contributed by atoms with Crippen molar-refractivity contribution >= 4 is 5.96 Å². The van der Waals surface area contributed by atoms with Crippen LogP contribution in [-0.4, -0.2) is 25.2 Å². The minimum atomic E-state index is 0.289. The summed E-state index contributed by atoms with van der Waals surface area (Å²) in [7, 11) is 0. The number of hydrogen-bond acceptors (Lipinski definition) is 3. The summed E-state index contributed by atoms with van der Waals surface area (Å²) in [5, 5.41) is 3.10. The Morgan fingerprint density at radius 2 is 2.22 bits per heavy atom. The van der Waals surface area contributed by atoms with Crippen molar-refractivity contribution in [2.24, 2.45) is 10.8 Å². The van der Waals surface area contributed by atoms with Gasteiger partial charge in [0.2, 0.25) is 5.96 Å². The van der Waals surface area contributed by atoms with Gasteiger partial charge in [-0.15, -0.1) is 0 Å². The highest BCUT2D eigenvalue weighted by atomic mass is 16.5. The number of nitrogens with zero attached hydrogens (tertiary/aromatic N) is 1. The lowest BCUT2D eigenvalue weighted by atomic mass is 10.2. The minimum Gasteiger partial charge on any atom is -0.492 e. The minimum absolute atomic E-state index is 0.289. The quantitative estimate of drug-likeness (QED) is 0.241. The number of aryl methyl sites for hydroxylation is 1. The average molecular weight is 250 g/mol. The Hall–Kier alpha value is -1.75. The molecule has 0 saturated heterocycles. The predicted molar refractivity (Wildman–Crippen MR) is 74.6 cm³/mol. The molecule has 0 aliphatic heterocycles. The molecule has 100 valence electrons. The molecule has 1 aromatic carbocycles. The third-order valence-electron chi connectivity index (χ3n) is 2.18. The Morgan fingerprint density at radius 3 is 2.83 bits per heavy atom. The molecular weight excluding hydrogens is 228 g/mol. The van der Waals surface area contributed by atoms with Crippen LogP contribution in [-0.2, 0) is 0 Å². The Morgan fingerprint density at radius 1 is 1.44 bits per heavy atom. The van der Waals surface area contributed by atoms with Gasteiger partial charge in [0.15, 0.2) is 0 Å². The molecule has 18 heavy (non-hydrogen) atoms. The SMILES string of the molecule is Cc1cccc(OCCN=C(NN)NC(C)C)c1. The molecule has 0 radical (unpaired) electrons. The van der Waals surface area contributed by atoms with Gasteiger partial charge in [-0.1, -0.05) is 12.1 Å². The second kappa shape index (κ2) is 7.55.